The predicted molar refractivity (Wildman–Crippen MR) is 128 cm³/mol. The molecule has 3 aromatic heterocycles. The summed E-state index contributed by atoms with van der Waals surface area (Å²) in [5.41, 5.74) is 1.83. The van der Waals surface area contributed by atoms with Gasteiger partial charge in [0.25, 0.3) is 0 Å². The molecule has 0 saturated carbocycles. The predicted octanol–water partition coefficient (Wildman–Crippen LogP) is 3.02. The number of sulfone groups is 1. The summed E-state index contributed by atoms with van der Waals surface area (Å²) in [4.78, 5) is 24.5. The molecule has 0 fully saturated rings. The zero-order chi connectivity index (χ0) is 25.1. The van der Waals surface area contributed by atoms with Crippen molar-refractivity contribution in [2.24, 2.45) is 0 Å². The Hall–Kier alpha value is -3.41. The van der Waals surface area contributed by atoms with Crippen molar-refractivity contribution in [2.75, 3.05) is 24.0 Å². The standard InChI is InChI=1S/C23H27N5O5S/c1-14(29)26-20-10-19(17(12-25-20)18-7-6-16(11-24-18)23(2,3)30)27-21-8-15(13-33-4)9-22(28-21)34(5,31)32/h6-12,30H,13H2,1-5H3,(H2,25,26,27,28,29). The Kier molecular flexibility index (Phi) is 7.29. The Labute approximate surface area is 198 Å². The summed E-state index contributed by atoms with van der Waals surface area (Å²) in [7, 11) is -2.06. The van der Waals surface area contributed by atoms with Crippen molar-refractivity contribution in [3.05, 3.63) is 53.9 Å². The second kappa shape index (κ2) is 9.84. The number of carbonyl (C=O) groups excluding carboxylic acids is 1. The highest BCUT2D eigenvalue weighted by molar-refractivity contribution is 7.90. The van der Waals surface area contributed by atoms with Crippen molar-refractivity contribution in [3.63, 3.8) is 0 Å². The van der Waals surface area contributed by atoms with Crippen molar-refractivity contribution in [2.45, 2.75) is 38.0 Å². The van der Waals surface area contributed by atoms with Gasteiger partial charge in [-0.15, -0.1) is 0 Å². The molecule has 10 nitrogen and oxygen atoms in total. The van der Waals surface area contributed by atoms with E-state index in [2.05, 4.69) is 25.6 Å². The minimum Gasteiger partial charge on any atom is -0.386 e. The van der Waals surface area contributed by atoms with Gasteiger partial charge >= 0.3 is 0 Å². The fraction of sp³-hybridized carbons (Fsp3) is 0.304. The maximum absolute atomic E-state index is 12.2. The smallest absolute Gasteiger partial charge is 0.222 e. The van der Waals surface area contributed by atoms with E-state index in [0.717, 1.165) is 6.26 Å². The third kappa shape index (κ3) is 6.34. The number of nitrogens with one attached hydrogen (secondary N) is 2. The fourth-order valence-corrected chi connectivity index (χ4v) is 3.76. The summed E-state index contributed by atoms with van der Waals surface area (Å²) in [5, 5.41) is 15.9. The van der Waals surface area contributed by atoms with E-state index >= 15 is 0 Å². The van der Waals surface area contributed by atoms with Gasteiger partial charge in [-0.1, -0.05) is 6.07 Å². The minimum atomic E-state index is -3.58. The third-order valence-electron chi connectivity index (χ3n) is 4.77. The number of hydrogen-bond acceptors (Lipinski definition) is 9. The monoisotopic (exact) mass is 485 g/mol. The Morgan fingerprint density at radius 1 is 1.12 bits per heavy atom. The Balaban J connectivity index is 2.10. The van der Waals surface area contributed by atoms with E-state index in [1.807, 2.05) is 0 Å². The number of anilines is 3. The quantitative estimate of drug-likeness (QED) is 0.438. The van der Waals surface area contributed by atoms with E-state index in [4.69, 9.17) is 4.74 Å². The highest BCUT2D eigenvalue weighted by atomic mass is 32.2. The van der Waals surface area contributed by atoms with E-state index in [-0.39, 0.29) is 23.4 Å². The Morgan fingerprint density at radius 3 is 2.41 bits per heavy atom. The van der Waals surface area contributed by atoms with Crippen LogP contribution < -0.4 is 10.6 Å². The number of ether oxygens (including phenoxy) is 1. The first-order valence-corrected chi connectivity index (χ1v) is 12.2. The highest BCUT2D eigenvalue weighted by Gasteiger charge is 2.18. The molecule has 0 aromatic carbocycles. The maximum Gasteiger partial charge on any atom is 0.222 e. The molecule has 0 aliphatic rings. The first kappa shape index (κ1) is 25.2. The van der Waals surface area contributed by atoms with Gasteiger partial charge in [-0.05, 0) is 37.6 Å². The van der Waals surface area contributed by atoms with Crippen molar-refractivity contribution < 1.29 is 23.1 Å². The molecule has 0 radical (unpaired) electrons. The van der Waals surface area contributed by atoms with Crippen LogP contribution in [0, 0.1) is 0 Å². The van der Waals surface area contributed by atoms with Crippen LogP contribution in [0.5, 0.6) is 0 Å². The second-order valence-corrected chi connectivity index (χ2v) is 10.3. The minimum absolute atomic E-state index is 0.102. The van der Waals surface area contributed by atoms with Gasteiger partial charge in [-0.3, -0.25) is 9.78 Å². The van der Waals surface area contributed by atoms with E-state index in [0.29, 0.717) is 33.9 Å². The molecular formula is C23H27N5O5S. The lowest BCUT2D eigenvalue weighted by atomic mass is 9.99. The second-order valence-electron chi connectivity index (χ2n) is 8.32. The van der Waals surface area contributed by atoms with E-state index in [1.54, 1.807) is 44.3 Å². The van der Waals surface area contributed by atoms with E-state index < -0.39 is 15.4 Å². The van der Waals surface area contributed by atoms with Gasteiger partial charge in [0.15, 0.2) is 14.9 Å². The first-order valence-electron chi connectivity index (χ1n) is 10.3. The molecule has 11 heteroatoms. The number of carbonyl (C=O) groups is 1. The molecule has 0 aliphatic carbocycles. The average molecular weight is 486 g/mol. The SMILES string of the molecule is COCc1cc(Nc2cc(NC(C)=O)ncc2-c2ccc(C(C)(C)O)cn2)nc(S(C)(=O)=O)c1. The van der Waals surface area contributed by atoms with Crippen LogP contribution in [-0.4, -0.2) is 47.7 Å². The first-order chi connectivity index (χ1) is 15.9. The zero-order valence-electron chi connectivity index (χ0n) is 19.6. The summed E-state index contributed by atoms with van der Waals surface area (Å²) in [6, 6.07) is 8.23. The maximum atomic E-state index is 12.2. The third-order valence-corrected chi connectivity index (χ3v) is 5.74. The number of pyridine rings is 3. The van der Waals surface area contributed by atoms with Crippen LogP contribution in [0.1, 0.15) is 31.9 Å². The molecule has 0 bridgehead atoms. The van der Waals surface area contributed by atoms with Gasteiger partial charge in [-0.25, -0.2) is 18.4 Å². The van der Waals surface area contributed by atoms with Crippen molar-refractivity contribution in [1.82, 2.24) is 15.0 Å². The highest BCUT2D eigenvalue weighted by Crippen LogP contribution is 2.32. The van der Waals surface area contributed by atoms with Gasteiger partial charge < -0.3 is 20.5 Å². The molecular weight excluding hydrogens is 458 g/mol. The van der Waals surface area contributed by atoms with Crippen molar-refractivity contribution in [1.29, 1.82) is 0 Å². The van der Waals surface area contributed by atoms with Gasteiger partial charge in [0.2, 0.25) is 5.91 Å². The van der Waals surface area contributed by atoms with Gasteiger partial charge in [0.05, 0.1) is 23.6 Å². The molecule has 0 aliphatic heterocycles. The molecule has 0 spiro atoms. The number of aromatic nitrogens is 3. The number of methoxy groups -OCH3 is 1. The summed E-state index contributed by atoms with van der Waals surface area (Å²) in [5.74, 6) is 0.269. The molecule has 3 N–H and O–H groups in total. The summed E-state index contributed by atoms with van der Waals surface area (Å²) in [6.07, 6.45) is 4.19. The zero-order valence-corrected chi connectivity index (χ0v) is 20.4. The van der Waals surface area contributed by atoms with Crippen LogP contribution in [0.25, 0.3) is 11.3 Å². The van der Waals surface area contributed by atoms with Crippen molar-refractivity contribution >= 4 is 33.1 Å². The Bertz CT molecular complexity index is 1300. The molecule has 0 atom stereocenters. The molecule has 180 valence electrons. The number of nitrogens with zero attached hydrogens (tertiary/aromatic N) is 3. The van der Waals surface area contributed by atoms with E-state index in [1.165, 1.54) is 26.3 Å². The molecule has 0 saturated heterocycles. The molecule has 3 aromatic rings. The number of hydrogen-bond donors (Lipinski definition) is 3. The largest absolute Gasteiger partial charge is 0.386 e. The summed E-state index contributed by atoms with van der Waals surface area (Å²) in [6.45, 7) is 4.89. The summed E-state index contributed by atoms with van der Waals surface area (Å²) >= 11 is 0. The number of aliphatic hydroxyl groups is 1. The summed E-state index contributed by atoms with van der Waals surface area (Å²) < 4.78 is 29.5. The van der Waals surface area contributed by atoms with E-state index in [9.17, 15) is 18.3 Å². The molecule has 34 heavy (non-hydrogen) atoms. The van der Waals surface area contributed by atoms with Crippen LogP contribution in [0.15, 0.2) is 47.8 Å². The van der Waals surface area contributed by atoms with Gasteiger partial charge in [0, 0.05) is 49.9 Å². The molecule has 0 unspecified atom stereocenters. The topological polar surface area (TPSA) is 143 Å². The molecule has 3 rings (SSSR count). The van der Waals surface area contributed by atoms with Gasteiger partial charge in [0.1, 0.15) is 11.6 Å². The fourth-order valence-electron chi connectivity index (χ4n) is 3.13. The van der Waals surface area contributed by atoms with Crippen LogP contribution in [-0.2, 0) is 31.6 Å². The normalized spacial score (nSPS) is 11.8. The van der Waals surface area contributed by atoms with Gasteiger partial charge in [-0.2, -0.15) is 0 Å². The van der Waals surface area contributed by atoms with Crippen LogP contribution in [0.2, 0.25) is 0 Å². The lowest BCUT2D eigenvalue weighted by Gasteiger charge is -2.18. The number of amides is 1. The lowest BCUT2D eigenvalue weighted by molar-refractivity contribution is -0.114. The lowest BCUT2D eigenvalue weighted by Crippen LogP contribution is -2.15. The number of rotatable bonds is 8. The van der Waals surface area contributed by atoms with Crippen molar-refractivity contribution in [3.8, 4) is 11.3 Å². The average Bonchev–Trinajstić information content (AvgIpc) is 2.72. The molecule has 1 amide bonds. The Morgan fingerprint density at radius 2 is 1.85 bits per heavy atom. The van der Waals surface area contributed by atoms with Crippen LogP contribution in [0.4, 0.5) is 17.3 Å². The molecule has 3 heterocycles. The van der Waals surface area contributed by atoms with Crippen LogP contribution in [0.3, 0.4) is 0 Å². The van der Waals surface area contributed by atoms with Crippen LogP contribution >= 0.6 is 0 Å².